The van der Waals surface area contributed by atoms with Gasteiger partial charge in [-0.15, -0.1) is 0 Å². The fourth-order valence-corrected chi connectivity index (χ4v) is 1.83. The molecule has 0 aliphatic heterocycles. The summed E-state index contributed by atoms with van der Waals surface area (Å²) < 4.78 is 10.1. The van der Waals surface area contributed by atoms with Crippen molar-refractivity contribution < 1.29 is 13.9 Å². The molecule has 1 amide bonds. The molecule has 2 heterocycles. The molecule has 0 saturated carbocycles. The largest absolute Gasteiger partial charge is 0.448 e. The number of ether oxygens (including phenoxy) is 1. The average molecular weight is 275 g/mol. The van der Waals surface area contributed by atoms with Gasteiger partial charge in [0.15, 0.2) is 12.1 Å². The number of pyridine rings is 1. The fourth-order valence-electron chi connectivity index (χ4n) is 1.83. The number of nitrogens with zero attached hydrogens (tertiary/aromatic N) is 3. The molecule has 0 aliphatic rings. The zero-order valence-electron chi connectivity index (χ0n) is 11.6. The molecule has 106 valence electrons. The molecule has 6 nitrogen and oxygen atoms in total. The summed E-state index contributed by atoms with van der Waals surface area (Å²) in [7, 11) is 1.61. The summed E-state index contributed by atoms with van der Waals surface area (Å²) >= 11 is 0. The maximum atomic E-state index is 12.5. The third kappa shape index (κ3) is 3.42. The topological polar surface area (TPSA) is 68.5 Å². The lowest BCUT2D eigenvalue weighted by Crippen LogP contribution is -2.34. The van der Waals surface area contributed by atoms with Crippen LogP contribution >= 0.6 is 0 Å². The molecule has 2 aromatic heterocycles. The van der Waals surface area contributed by atoms with Crippen molar-refractivity contribution in [3.05, 3.63) is 47.9 Å². The van der Waals surface area contributed by atoms with Crippen molar-refractivity contribution in [1.82, 2.24) is 14.9 Å². The molecule has 0 atom stereocenters. The third-order valence-electron chi connectivity index (χ3n) is 2.90. The predicted molar refractivity (Wildman–Crippen MR) is 72.1 cm³/mol. The molecule has 0 N–H and O–H groups in total. The van der Waals surface area contributed by atoms with Gasteiger partial charge in [0, 0.05) is 32.6 Å². The van der Waals surface area contributed by atoms with Crippen LogP contribution in [-0.2, 0) is 11.3 Å². The van der Waals surface area contributed by atoms with E-state index in [0.29, 0.717) is 31.2 Å². The molecular weight excluding hydrogens is 258 g/mol. The second-order valence-electron chi connectivity index (χ2n) is 4.34. The number of aromatic nitrogens is 2. The van der Waals surface area contributed by atoms with Crippen LogP contribution in [-0.4, -0.2) is 41.0 Å². The second kappa shape index (κ2) is 6.81. The van der Waals surface area contributed by atoms with Gasteiger partial charge in [-0.25, -0.2) is 4.98 Å². The number of carbonyl (C=O) groups is 1. The van der Waals surface area contributed by atoms with Crippen LogP contribution in [0.3, 0.4) is 0 Å². The van der Waals surface area contributed by atoms with Gasteiger partial charge >= 0.3 is 0 Å². The van der Waals surface area contributed by atoms with Gasteiger partial charge in [0.25, 0.3) is 5.91 Å². The molecule has 2 aromatic rings. The zero-order chi connectivity index (χ0) is 14.4. The lowest BCUT2D eigenvalue weighted by molar-refractivity contribution is 0.0673. The first-order valence-electron chi connectivity index (χ1n) is 6.29. The minimum atomic E-state index is -0.169. The maximum Gasteiger partial charge on any atom is 0.276 e. The molecule has 0 unspecified atom stereocenters. The average Bonchev–Trinajstić information content (AvgIpc) is 2.90. The molecule has 0 aromatic carbocycles. The first-order chi connectivity index (χ1) is 9.72. The quantitative estimate of drug-likeness (QED) is 0.802. The highest BCUT2D eigenvalue weighted by atomic mass is 16.5. The van der Waals surface area contributed by atoms with E-state index in [1.54, 1.807) is 31.3 Å². The van der Waals surface area contributed by atoms with Gasteiger partial charge in [-0.2, -0.15) is 0 Å². The molecule has 0 saturated heterocycles. The Kier molecular flexibility index (Phi) is 4.84. The number of hydrogen-bond donors (Lipinski definition) is 0. The number of carbonyl (C=O) groups excluding carboxylic acids is 1. The van der Waals surface area contributed by atoms with Crippen LogP contribution in [0, 0.1) is 6.92 Å². The summed E-state index contributed by atoms with van der Waals surface area (Å²) in [5.74, 6) is 0.348. The molecule has 0 radical (unpaired) electrons. The fraction of sp³-hybridized carbons (Fsp3) is 0.357. The Balaban J connectivity index is 2.15. The van der Waals surface area contributed by atoms with Gasteiger partial charge in [-0.3, -0.25) is 9.78 Å². The summed E-state index contributed by atoms with van der Waals surface area (Å²) in [5, 5.41) is 0. The van der Waals surface area contributed by atoms with Crippen LogP contribution in [0.4, 0.5) is 0 Å². The van der Waals surface area contributed by atoms with Crippen molar-refractivity contribution in [2.24, 2.45) is 0 Å². The van der Waals surface area contributed by atoms with Crippen LogP contribution in [0.2, 0.25) is 0 Å². The second-order valence-corrected chi connectivity index (χ2v) is 4.34. The number of aryl methyl sites for hydroxylation is 1. The van der Waals surface area contributed by atoms with E-state index in [0.717, 1.165) is 5.56 Å². The van der Waals surface area contributed by atoms with Crippen molar-refractivity contribution in [3.8, 4) is 0 Å². The maximum absolute atomic E-state index is 12.5. The Hall–Kier alpha value is -2.21. The van der Waals surface area contributed by atoms with E-state index in [-0.39, 0.29) is 5.91 Å². The van der Waals surface area contributed by atoms with Gasteiger partial charge in [0.1, 0.15) is 5.76 Å². The van der Waals surface area contributed by atoms with Crippen LogP contribution < -0.4 is 0 Å². The Bertz CT molecular complexity index is 554. The van der Waals surface area contributed by atoms with Crippen molar-refractivity contribution in [1.29, 1.82) is 0 Å². The van der Waals surface area contributed by atoms with E-state index in [2.05, 4.69) is 9.97 Å². The first-order valence-corrected chi connectivity index (χ1v) is 6.29. The number of hydrogen-bond acceptors (Lipinski definition) is 5. The monoisotopic (exact) mass is 275 g/mol. The molecule has 0 fully saturated rings. The number of methoxy groups -OCH3 is 1. The minimum Gasteiger partial charge on any atom is -0.448 e. The van der Waals surface area contributed by atoms with Crippen molar-refractivity contribution in [3.63, 3.8) is 0 Å². The van der Waals surface area contributed by atoms with Gasteiger partial charge in [0.2, 0.25) is 0 Å². The molecule has 0 aliphatic carbocycles. The molecule has 20 heavy (non-hydrogen) atoms. The third-order valence-corrected chi connectivity index (χ3v) is 2.90. The predicted octanol–water partition coefficient (Wildman–Crippen LogP) is 1.67. The van der Waals surface area contributed by atoms with Crippen molar-refractivity contribution in [2.45, 2.75) is 13.5 Å². The van der Waals surface area contributed by atoms with Crippen molar-refractivity contribution in [2.75, 3.05) is 20.3 Å². The Morgan fingerprint density at radius 1 is 1.50 bits per heavy atom. The van der Waals surface area contributed by atoms with Gasteiger partial charge in [-0.05, 0) is 18.6 Å². The Labute approximate surface area is 117 Å². The van der Waals surface area contributed by atoms with E-state index in [9.17, 15) is 4.79 Å². The van der Waals surface area contributed by atoms with Gasteiger partial charge in [0.05, 0.1) is 6.61 Å². The van der Waals surface area contributed by atoms with Gasteiger partial charge in [-0.1, -0.05) is 6.07 Å². The Morgan fingerprint density at radius 2 is 2.35 bits per heavy atom. The van der Waals surface area contributed by atoms with E-state index >= 15 is 0 Å². The van der Waals surface area contributed by atoms with E-state index in [1.807, 2.05) is 12.1 Å². The molecular formula is C14H17N3O3. The highest BCUT2D eigenvalue weighted by Gasteiger charge is 2.21. The highest BCUT2D eigenvalue weighted by molar-refractivity contribution is 5.93. The number of amides is 1. The summed E-state index contributed by atoms with van der Waals surface area (Å²) in [5.41, 5.74) is 1.29. The van der Waals surface area contributed by atoms with Crippen LogP contribution in [0.15, 0.2) is 35.3 Å². The first kappa shape index (κ1) is 14.2. The summed E-state index contributed by atoms with van der Waals surface area (Å²) in [6.07, 6.45) is 4.72. The zero-order valence-corrected chi connectivity index (χ0v) is 11.6. The smallest absolute Gasteiger partial charge is 0.276 e. The van der Waals surface area contributed by atoms with E-state index < -0.39 is 0 Å². The lowest BCUT2D eigenvalue weighted by Gasteiger charge is -2.21. The molecule has 6 heteroatoms. The Morgan fingerprint density at radius 3 is 2.95 bits per heavy atom. The lowest BCUT2D eigenvalue weighted by atomic mass is 10.2. The van der Waals surface area contributed by atoms with E-state index in [1.165, 1.54) is 6.39 Å². The SMILES string of the molecule is COCCN(Cc1cccnc1)C(=O)c1ncoc1C. The van der Waals surface area contributed by atoms with E-state index in [4.69, 9.17) is 9.15 Å². The summed E-state index contributed by atoms with van der Waals surface area (Å²) in [6, 6.07) is 3.77. The summed E-state index contributed by atoms with van der Waals surface area (Å²) in [6.45, 7) is 3.13. The molecule has 0 bridgehead atoms. The molecule has 2 rings (SSSR count). The molecule has 0 spiro atoms. The highest BCUT2D eigenvalue weighted by Crippen LogP contribution is 2.11. The summed E-state index contributed by atoms with van der Waals surface area (Å²) in [4.78, 5) is 22.2. The van der Waals surface area contributed by atoms with Crippen LogP contribution in [0.5, 0.6) is 0 Å². The van der Waals surface area contributed by atoms with Crippen molar-refractivity contribution >= 4 is 5.91 Å². The normalized spacial score (nSPS) is 10.5. The minimum absolute atomic E-state index is 0.169. The van der Waals surface area contributed by atoms with Crippen LogP contribution in [0.25, 0.3) is 0 Å². The van der Waals surface area contributed by atoms with Crippen LogP contribution in [0.1, 0.15) is 21.8 Å². The van der Waals surface area contributed by atoms with Gasteiger partial charge < -0.3 is 14.1 Å². The standard InChI is InChI=1S/C14H17N3O3/c1-11-13(16-10-20-11)14(18)17(6-7-19-2)9-12-4-3-5-15-8-12/h3-5,8,10H,6-7,9H2,1-2H3. The number of rotatable bonds is 6. The number of oxazole rings is 1.